The predicted octanol–water partition coefficient (Wildman–Crippen LogP) is 1.82. The first kappa shape index (κ1) is 16.3. The fourth-order valence-electron chi connectivity index (χ4n) is 3.61. The standard InChI is InChI=1S/C18H27N3O2/c22-17-9-5-11-21(14-17)18(23)19-12-16-8-4-10-20(16)13-15-6-2-1-3-7-15/h1-3,6-7,16-17,22H,4-5,8-14H2,(H,19,23). The first-order chi connectivity index (χ1) is 11.2. The van der Waals surface area contributed by atoms with Gasteiger partial charge < -0.3 is 15.3 Å². The Balaban J connectivity index is 1.48. The first-order valence-electron chi connectivity index (χ1n) is 8.71. The van der Waals surface area contributed by atoms with Crippen LogP contribution in [0.25, 0.3) is 0 Å². The summed E-state index contributed by atoms with van der Waals surface area (Å²) in [6, 6.07) is 10.9. The summed E-state index contributed by atoms with van der Waals surface area (Å²) in [7, 11) is 0. The molecule has 0 radical (unpaired) electrons. The van der Waals surface area contributed by atoms with Crippen molar-refractivity contribution in [3.05, 3.63) is 35.9 Å². The summed E-state index contributed by atoms with van der Waals surface area (Å²) in [5.74, 6) is 0. The Labute approximate surface area is 138 Å². The van der Waals surface area contributed by atoms with E-state index in [2.05, 4.69) is 34.5 Å². The van der Waals surface area contributed by atoms with E-state index < -0.39 is 0 Å². The number of piperidine rings is 1. The minimum absolute atomic E-state index is 0.0321. The van der Waals surface area contributed by atoms with E-state index in [1.165, 1.54) is 12.0 Å². The smallest absolute Gasteiger partial charge is 0.317 e. The number of aliphatic hydroxyl groups is 1. The van der Waals surface area contributed by atoms with Crippen molar-refractivity contribution in [3.63, 3.8) is 0 Å². The summed E-state index contributed by atoms with van der Waals surface area (Å²) in [6.07, 6.45) is 3.65. The lowest BCUT2D eigenvalue weighted by molar-refractivity contribution is 0.0835. The number of urea groups is 1. The van der Waals surface area contributed by atoms with E-state index in [1.807, 2.05) is 6.07 Å². The Morgan fingerprint density at radius 3 is 2.74 bits per heavy atom. The van der Waals surface area contributed by atoms with Crippen molar-refractivity contribution >= 4 is 6.03 Å². The van der Waals surface area contributed by atoms with E-state index >= 15 is 0 Å². The number of β-amino-alcohol motifs (C(OH)–C–C–N with tert-alkyl or cyclic N) is 1. The fraction of sp³-hybridized carbons (Fsp3) is 0.611. The van der Waals surface area contributed by atoms with Crippen LogP contribution in [0.3, 0.4) is 0 Å². The molecule has 2 fully saturated rings. The van der Waals surface area contributed by atoms with Gasteiger partial charge in [0.05, 0.1) is 6.10 Å². The van der Waals surface area contributed by atoms with Crippen LogP contribution >= 0.6 is 0 Å². The molecule has 0 spiro atoms. The van der Waals surface area contributed by atoms with Crippen molar-refractivity contribution in [1.82, 2.24) is 15.1 Å². The van der Waals surface area contributed by atoms with E-state index in [0.29, 0.717) is 19.1 Å². The lowest BCUT2D eigenvalue weighted by Gasteiger charge is -2.31. The number of rotatable bonds is 4. The monoisotopic (exact) mass is 317 g/mol. The van der Waals surface area contributed by atoms with Gasteiger partial charge in [-0.1, -0.05) is 30.3 Å². The second kappa shape index (κ2) is 7.79. The number of carbonyl (C=O) groups is 1. The molecule has 5 heteroatoms. The van der Waals surface area contributed by atoms with Crippen LogP contribution in [0.4, 0.5) is 4.79 Å². The molecule has 0 aromatic heterocycles. The zero-order valence-electron chi connectivity index (χ0n) is 13.7. The van der Waals surface area contributed by atoms with Crippen LogP contribution in [-0.4, -0.2) is 59.3 Å². The number of hydrogen-bond acceptors (Lipinski definition) is 3. The van der Waals surface area contributed by atoms with Gasteiger partial charge in [0.1, 0.15) is 0 Å². The molecule has 0 bridgehead atoms. The number of hydrogen-bond donors (Lipinski definition) is 2. The largest absolute Gasteiger partial charge is 0.391 e. The SMILES string of the molecule is O=C(NCC1CCCN1Cc1ccccc1)N1CCCC(O)C1. The van der Waals surface area contributed by atoms with Crippen LogP contribution in [0.15, 0.2) is 30.3 Å². The summed E-state index contributed by atoms with van der Waals surface area (Å²) in [5, 5.41) is 12.7. The molecule has 2 aliphatic heterocycles. The van der Waals surface area contributed by atoms with Crippen molar-refractivity contribution < 1.29 is 9.90 Å². The van der Waals surface area contributed by atoms with Crippen LogP contribution in [0.2, 0.25) is 0 Å². The van der Waals surface area contributed by atoms with E-state index in [4.69, 9.17) is 0 Å². The minimum Gasteiger partial charge on any atom is -0.391 e. The summed E-state index contributed by atoms with van der Waals surface area (Å²) in [4.78, 5) is 16.5. The van der Waals surface area contributed by atoms with Crippen LogP contribution in [-0.2, 0) is 6.54 Å². The average Bonchev–Trinajstić information content (AvgIpc) is 3.00. The molecule has 23 heavy (non-hydrogen) atoms. The van der Waals surface area contributed by atoms with Crippen molar-refractivity contribution in [2.45, 2.75) is 44.4 Å². The minimum atomic E-state index is -0.365. The molecule has 2 heterocycles. The highest BCUT2D eigenvalue weighted by molar-refractivity contribution is 5.74. The molecular weight excluding hydrogens is 290 g/mol. The number of nitrogens with zero attached hydrogens (tertiary/aromatic N) is 2. The number of carbonyl (C=O) groups excluding carboxylic acids is 1. The Kier molecular flexibility index (Phi) is 5.51. The van der Waals surface area contributed by atoms with Gasteiger partial charge in [0, 0.05) is 32.2 Å². The van der Waals surface area contributed by atoms with Crippen molar-refractivity contribution in [1.29, 1.82) is 0 Å². The molecular formula is C18H27N3O2. The number of aliphatic hydroxyl groups excluding tert-OH is 1. The highest BCUT2D eigenvalue weighted by Gasteiger charge is 2.27. The molecule has 2 atom stereocenters. The molecule has 3 rings (SSSR count). The normalized spacial score (nSPS) is 25.5. The fourth-order valence-corrected chi connectivity index (χ4v) is 3.61. The molecule has 2 aliphatic rings. The number of benzene rings is 1. The van der Waals surface area contributed by atoms with Crippen LogP contribution < -0.4 is 5.32 Å². The second-order valence-electron chi connectivity index (χ2n) is 6.68. The average molecular weight is 317 g/mol. The summed E-state index contributed by atoms with van der Waals surface area (Å²) >= 11 is 0. The van der Waals surface area contributed by atoms with Gasteiger partial charge in [0.15, 0.2) is 0 Å². The van der Waals surface area contributed by atoms with Crippen LogP contribution in [0, 0.1) is 0 Å². The molecule has 1 aromatic carbocycles. The topological polar surface area (TPSA) is 55.8 Å². The van der Waals surface area contributed by atoms with E-state index in [9.17, 15) is 9.90 Å². The van der Waals surface area contributed by atoms with Gasteiger partial charge in [0.25, 0.3) is 0 Å². The quantitative estimate of drug-likeness (QED) is 0.890. The molecule has 5 nitrogen and oxygen atoms in total. The van der Waals surface area contributed by atoms with Crippen molar-refractivity contribution in [2.75, 3.05) is 26.2 Å². The van der Waals surface area contributed by atoms with Crippen LogP contribution in [0.5, 0.6) is 0 Å². The maximum Gasteiger partial charge on any atom is 0.317 e. The van der Waals surface area contributed by atoms with E-state index in [1.54, 1.807) is 4.90 Å². The highest BCUT2D eigenvalue weighted by Crippen LogP contribution is 2.19. The molecule has 2 unspecified atom stereocenters. The molecule has 126 valence electrons. The third-order valence-corrected chi connectivity index (χ3v) is 4.90. The van der Waals surface area contributed by atoms with Gasteiger partial charge in [-0.2, -0.15) is 0 Å². The summed E-state index contributed by atoms with van der Waals surface area (Å²) in [6.45, 7) is 3.95. The Bertz CT molecular complexity index is 508. The Morgan fingerprint density at radius 2 is 1.96 bits per heavy atom. The Hall–Kier alpha value is -1.59. The molecule has 0 saturated carbocycles. The summed E-state index contributed by atoms with van der Waals surface area (Å²) in [5.41, 5.74) is 1.32. The van der Waals surface area contributed by atoms with Crippen molar-refractivity contribution in [3.8, 4) is 0 Å². The lowest BCUT2D eigenvalue weighted by Crippen LogP contribution is -2.49. The molecule has 1 aromatic rings. The van der Waals surface area contributed by atoms with Gasteiger partial charge in [-0.15, -0.1) is 0 Å². The maximum atomic E-state index is 12.3. The second-order valence-corrected chi connectivity index (χ2v) is 6.68. The van der Waals surface area contributed by atoms with E-state index in [-0.39, 0.29) is 12.1 Å². The zero-order chi connectivity index (χ0) is 16.1. The summed E-state index contributed by atoms with van der Waals surface area (Å²) < 4.78 is 0. The third-order valence-electron chi connectivity index (χ3n) is 4.90. The molecule has 2 N–H and O–H groups in total. The van der Waals surface area contributed by atoms with Gasteiger partial charge in [-0.3, -0.25) is 4.90 Å². The first-order valence-corrected chi connectivity index (χ1v) is 8.71. The Morgan fingerprint density at radius 1 is 1.17 bits per heavy atom. The van der Waals surface area contributed by atoms with Crippen molar-refractivity contribution in [2.24, 2.45) is 0 Å². The van der Waals surface area contributed by atoms with Gasteiger partial charge in [-0.25, -0.2) is 4.79 Å². The molecule has 0 aliphatic carbocycles. The maximum absolute atomic E-state index is 12.3. The van der Waals surface area contributed by atoms with Gasteiger partial charge >= 0.3 is 6.03 Å². The number of nitrogens with one attached hydrogen (secondary N) is 1. The highest BCUT2D eigenvalue weighted by atomic mass is 16.3. The van der Waals surface area contributed by atoms with E-state index in [0.717, 1.165) is 38.9 Å². The predicted molar refractivity (Wildman–Crippen MR) is 90.1 cm³/mol. The van der Waals surface area contributed by atoms with Crippen LogP contribution in [0.1, 0.15) is 31.2 Å². The molecule has 2 saturated heterocycles. The molecule has 2 amide bonds. The van der Waals surface area contributed by atoms with Gasteiger partial charge in [0.2, 0.25) is 0 Å². The number of amides is 2. The zero-order valence-corrected chi connectivity index (χ0v) is 13.7. The van der Waals surface area contributed by atoms with Gasteiger partial charge in [-0.05, 0) is 37.8 Å². The third kappa shape index (κ3) is 4.45. The lowest BCUT2D eigenvalue weighted by atomic mass is 10.1. The number of likely N-dealkylation sites (tertiary alicyclic amines) is 2.